The molecule has 0 aliphatic heterocycles. The fraction of sp³-hybridized carbons (Fsp3) is 0. The predicted octanol–water partition coefficient (Wildman–Crippen LogP) is 13.2. The van der Waals surface area contributed by atoms with Crippen molar-refractivity contribution in [2.45, 2.75) is 0 Å². The minimum absolute atomic E-state index is 0.564. The van der Waals surface area contributed by atoms with E-state index in [-0.39, 0.29) is 0 Å². The molecule has 8 aromatic carbocycles. The Bertz CT molecular complexity index is 3210. The van der Waals surface area contributed by atoms with E-state index in [0.29, 0.717) is 17.5 Å². The Labute approximate surface area is 309 Å². The number of furan rings is 2. The van der Waals surface area contributed by atoms with Crippen molar-refractivity contribution in [1.29, 1.82) is 0 Å². The maximum Gasteiger partial charge on any atom is 0.164 e. The van der Waals surface area contributed by atoms with Gasteiger partial charge in [-0.2, -0.15) is 0 Å². The third kappa shape index (κ3) is 4.90. The van der Waals surface area contributed by atoms with Gasteiger partial charge in [0.1, 0.15) is 22.3 Å². The van der Waals surface area contributed by atoms with E-state index in [1.165, 1.54) is 10.8 Å². The zero-order valence-corrected chi connectivity index (χ0v) is 28.9. The second kappa shape index (κ2) is 12.1. The van der Waals surface area contributed by atoms with Gasteiger partial charge in [-0.25, -0.2) is 15.0 Å². The van der Waals surface area contributed by atoms with Crippen LogP contribution in [0.5, 0.6) is 0 Å². The van der Waals surface area contributed by atoms with Crippen molar-refractivity contribution >= 4 is 54.6 Å². The topological polar surface area (TPSA) is 65.0 Å². The summed E-state index contributed by atoms with van der Waals surface area (Å²) in [7, 11) is 0. The molecule has 0 spiro atoms. The van der Waals surface area contributed by atoms with Gasteiger partial charge in [0.15, 0.2) is 17.5 Å². The summed E-state index contributed by atoms with van der Waals surface area (Å²) in [5.41, 5.74) is 10.3. The lowest BCUT2D eigenvalue weighted by Crippen LogP contribution is -2.01. The monoisotopic (exact) mass is 691 g/mol. The minimum Gasteiger partial charge on any atom is -0.456 e. The fourth-order valence-electron chi connectivity index (χ4n) is 7.80. The van der Waals surface area contributed by atoms with Gasteiger partial charge in [0.25, 0.3) is 0 Å². The summed E-state index contributed by atoms with van der Waals surface area (Å²) >= 11 is 0. The van der Waals surface area contributed by atoms with Gasteiger partial charge in [-0.1, -0.05) is 146 Å². The van der Waals surface area contributed by atoms with Gasteiger partial charge in [0.2, 0.25) is 0 Å². The van der Waals surface area contributed by atoms with Crippen LogP contribution in [0.2, 0.25) is 0 Å². The molecule has 0 saturated carbocycles. The fourth-order valence-corrected chi connectivity index (χ4v) is 7.80. The molecule has 0 amide bonds. The first-order valence-electron chi connectivity index (χ1n) is 18.0. The predicted molar refractivity (Wildman–Crippen MR) is 219 cm³/mol. The van der Waals surface area contributed by atoms with Crippen molar-refractivity contribution in [2.75, 3.05) is 0 Å². The first-order valence-corrected chi connectivity index (χ1v) is 18.0. The molecule has 0 bridgehead atoms. The summed E-state index contributed by atoms with van der Waals surface area (Å²) in [4.78, 5) is 15.7. The van der Waals surface area contributed by atoms with Crippen LogP contribution in [0.15, 0.2) is 185 Å². The molecule has 0 aliphatic carbocycles. The molecule has 3 heterocycles. The summed E-state index contributed by atoms with van der Waals surface area (Å²) in [6, 6.07) is 60.4. The van der Waals surface area contributed by atoms with E-state index >= 15 is 0 Å². The van der Waals surface area contributed by atoms with E-state index in [1.807, 2.05) is 60.7 Å². The van der Waals surface area contributed by atoms with E-state index in [0.717, 1.165) is 82.8 Å². The van der Waals surface area contributed by atoms with Crippen LogP contribution >= 0.6 is 0 Å². The largest absolute Gasteiger partial charge is 0.456 e. The van der Waals surface area contributed by atoms with Crippen molar-refractivity contribution in [3.63, 3.8) is 0 Å². The van der Waals surface area contributed by atoms with Crippen molar-refractivity contribution in [3.05, 3.63) is 176 Å². The number of fused-ring (bicyclic) bond motifs is 7. The number of hydrogen-bond acceptors (Lipinski definition) is 5. The highest BCUT2D eigenvalue weighted by Crippen LogP contribution is 2.42. The highest BCUT2D eigenvalue weighted by atomic mass is 16.3. The van der Waals surface area contributed by atoms with Crippen LogP contribution in [0, 0.1) is 0 Å². The average Bonchev–Trinajstić information content (AvgIpc) is 3.83. The Morgan fingerprint density at radius 2 is 0.815 bits per heavy atom. The highest BCUT2D eigenvalue weighted by Gasteiger charge is 2.21. The number of para-hydroxylation sites is 1. The lowest BCUT2D eigenvalue weighted by Gasteiger charge is -2.11. The summed E-state index contributed by atoms with van der Waals surface area (Å²) in [5, 5.41) is 6.42. The third-order valence-corrected chi connectivity index (χ3v) is 10.4. The normalized spacial score (nSPS) is 11.7. The average molecular weight is 692 g/mol. The van der Waals surface area contributed by atoms with Crippen LogP contribution in [-0.2, 0) is 0 Å². The number of nitrogens with zero attached hydrogens (tertiary/aromatic N) is 3. The number of hydrogen-bond donors (Lipinski definition) is 0. The van der Waals surface area contributed by atoms with E-state index in [4.69, 9.17) is 23.8 Å². The molecule has 0 aliphatic rings. The van der Waals surface area contributed by atoms with Gasteiger partial charge in [-0.3, -0.25) is 0 Å². The molecule has 11 aromatic rings. The zero-order valence-electron chi connectivity index (χ0n) is 28.9. The summed E-state index contributed by atoms with van der Waals surface area (Å²) in [6.07, 6.45) is 0. The molecule has 0 unspecified atom stereocenters. The molecule has 0 fully saturated rings. The van der Waals surface area contributed by atoms with Gasteiger partial charge in [-0.05, 0) is 63.4 Å². The molecular formula is C49H29N3O2. The van der Waals surface area contributed by atoms with Crippen LogP contribution in [0.1, 0.15) is 0 Å². The number of aromatic nitrogens is 3. The molecule has 54 heavy (non-hydrogen) atoms. The molecule has 0 N–H and O–H groups in total. The molecule has 11 rings (SSSR count). The molecule has 5 nitrogen and oxygen atoms in total. The lowest BCUT2D eigenvalue weighted by molar-refractivity contribution is 0.668. The first kappa shape index (κ1) is 30.3. The maximum absolute atomic E-state index is 6.50. The van der Waals surface area contributed by atoms with E-state index < -0.39 is 0 Å². The van der Waals surface area contributed by atoms with Crippen LogP contribution in [0.4, 0.5) is 0 Å². The molecule has 0 saturated heterocycles. The first-order chi connectivity index (χ1) is 26.7. The lowest BCUT2D eigenvalue weighted by atomic mass is 9.97. The Morgan fingerprint density at radius 3 is 1.57 bits per heavy atom. The van der Waals surface area contributed by atoms with Crippen molar-refractivity contribution in [3.8, 4) is 56.4 Å². The summed E-state index contributed by atoms with van der Waals surface area (Å²) in [5.74, 6) is 1.71. The summed E-state index contributed by atoms with van der Waals surface area (Å²) in [6.45, 7) is 0. The van der Waals surface area contributed by atoms with Crippen LogP contribution in [0.3, 0.4) is 0 Å². The third-order valence-electron chi connectivity index (χ3n) is 10.4. The van der Waals surface area contributed by atoms with Crippen LogP contribution < -0.4 is 0 Å². The minimum atomic E-state index is 0.564. The Kier molecular flexibility index (Phi) is 6.79. The number of benzene rings is 8. The maximum atomic E-state index is 6.50. The van der Waals surface area contributed by atoms with Crippen molar-refractivity contribution in [1.82, 2.24) is 15.0 Å². The highest BCUT2D eigenvalue weighted by molar-refractivity contribution is 6.17. The Balaban J connectivity index is 1.14. The zero-order chi connectivity index (χ0) is 35.6. The van der Waals surface area contributed by atoms with Crippen molar-refractivity contribution in [2.24, 2.45) is 0 Å². The Hall–Kier alpha value is -7.37. The molecular weight excluding hydrogens is 663 g/mol. The van der Waals surface area contributed by atoms with Gasteiger partial charge in [-0.15, -0.1) is 0 Å². The standard InChI is InChI=1S/C49H29N3O2/c1-2-12-32(13-3-1)36-16-8-21-42-45(36)46-39(18-10-22-43(46)54-42)49-51-47(33-26-23-31(24-27-33)35-28-25-30-11-4-5-14-34(30)29-35)50-48(52-49)38-17-9-20-41-44(38)37-15-6-7-19-40(37)53-41/h1-29H. The quantitative estimate of drug-likeness (QED) is 0.180. The van der Waals surface area contributed by atoms with Crippen molar-refractivity contribution < 1.29 is 8.83 Å². The molecule has 3 aromatic heterocycles. The van der Waals surface area contributed by atoms with Crippen LogP contribution in [-0.4, -0.2) is 15.0 Å². The van der Waals surface area contributed by atoms with Crippen LogP contribution in [0.25, 0.3) is 111 Å². The summed E-state index contributed by atoms with van der Waals surface area (Å²) < 4.78 is 12.8. The Morgan fingerprint density at radius 1 is 0.296 bits per heavy atom. The van der Waals surface area contributed by atoms with Gasteiger partial charge in [0.05, 0.1) is 0 Å². The molecule has 0 radical (unpaired) electrons. The smallest absolute Gasteiger partial charge is 0.164 e. The molecule has 252 valence electrons. The van der Waals surface area contributed by atoms with E-state index in [1.54, 1.807) is 0 Å². The molecule has 0 atom stereocenters. The van der Waals surface area contributed by atoms with E-state index in [2.05, 4.69) is 115 Å². The number of rotatable bonds is 5. The SMILES string of the molecule is c1ccc(-c2cccc3oc4cccc(-c5nc(-c6ccc(-c7ccc8ccccc8c7)cc6)nc(-c6cccc7oc8ccccc8c67)n5)c4c23)cc1. The van der Waals surface area contributed by atoms with E-state index in [9.17, 15) is 0 Å². The second-order valence-electron chi connectivity index (χ2n) is 13.5. The van der Waals surface area contributed by atoms with Gasteiger partial charge < -0.3 is 8.83 Å². The molecule has 5 heteroatoms. The second-order valence-corrected chi connectivity index (χ2v) is 13.5. The van der Waals surface area contributed by atoms with Gasteiger partial charge in [0, 0.05) is 38.2 Å². The van der Waals surface area contributed by atoms with Gasteiger partial charge >= 0.3 is 0 Å².